The van der Waals surface area contributed by atoms with Gasteiger partial charge >= 0.3 is 6.09 Å². The first kappa shape index (κ1) is 19.3. The van der Waals surface area contributed by atoms with Crippen LogP contribution in [0, 0.1) is 11.7 Å². The number of rotatable bonds is 4. The number of furan rings is 1. The molecule has 0 N–H and O–H groups in total. The number of likely N-dealkylation sites (tertiary alicyclic amines) is 1. The number of halogens is 1. The maximum Gasteiger partial charge on any atom is 0.410 e. The summed E-state index contributed by atoms with van der Waals surface area (Å²) in [4.78, 5) is 13.9. The number of carbonyl (C=O) groups is 1. The van der Waals surface area contributed by atoms with E-state index in [1.165, 1.54) is 12.1 Å². The summed E-state index contributed by atoms with van der Waals surface area (Å²) in [5.41, 5.74) is 0.119. The maximum absolute atomic E-state index is 13.6. The smallest absolute Gasteiger partial charge is 0.410 e. The first-order valence-corrected chi connectivity index (χ1v) is 9.26. The molecular weight excluding hydrogens is 349 g/mol. The number of piperidine rings is 1. The monoisotopic (exact) mass is 375 g/mol. The summed E-state index contributed by atoms with van der Waals surface area (Å²) in [6.07, 6.45) is 2.98. The Bertz CT molecular complexity index is 759. The van der Waals surface area contributed by atoms with Gasteiger partial charge in [-0.1, -0.05) is 0 Å². The number of carbonyl (C=O) groups excluding carboxylic acids is 1. The zero-order chi connectivity index (χ0) is 19.4. The molecule has 0 bridgehead atoms. The standard InChI is InChI=1S/C21H26FNO4/c1-21(2,3)27-20(24)23-10-8-15(9-11-23)14-26-19-7-6-16(22)13-17(19)18-5-4-12-25-18/h4-7,12-13,15H,8-11,14H2,1-3H3. The molecule has 1 amide bonds. The molecule has 1 aliphatic heterocycles. The van der Waals surface area contributed by atoms with Crippen LogP contribution in [0.3, 0.4) is 0 Å². The van der Waals surface area contributed by atoms with Crippen LogP contribution < -0.4 is 4.74 Å². The average Bonchev–Trinajstić information content (AvgIpc) is 3.14. The fourth-order valence-electron chi connectivity index (χ4n) is 3.07. The third-order valence-electron chi connectivity index (χ3n) is 4.47. The van der Waals surface area contributed by atoms with E-state index in [9.17, 15) is 9.18 Å². The quantitative estimate of drug-likeness (QED) is 0.745. The first-order valence-electron chi connectivity index (χ1n) is 9.26. The van der Waals surface area contributed by atoms with Crippen molar-refractivity contribution in [2.45, 2.75) is 39.2 Å². The molecule has 0 saturated carbocycles. The summed E-state index contributed by atoms with van der Waals surface area (Å²) in [5, 5.41) is 0. The topological polar surface area (TPSA) is 51.9 Å². The number of hydrogen-bond donors (Lipinski definition) is 0. The molecule has 3 rings (SSSR count). The molecule has 1 fully saturated rings. The third-order valence-corrected chi connectivity index (χ3v) is 4.47. The molecule has 6 heteroatoms. The Labute approximate surface area is 159 Å². The fourth-order valence-corrected chi connectivity index (χ4v) is 3.07. The lowest BCUT2D eigenvalue weighted by atomic mass is 9.98. The molecule has 1 aliphatic rings. The van der Waals surface area contributed by atoms with Gasteiger partial charge in [-0.25, -0.2) is 9.18 Å². The maximum atomic E-state index is 13.6. The molecule has 146 valence electrons. The Kier molecular flexibility index (Phi) is 5.73. The number of nitrogens with zero attached hydrogens (tertiary/aromatic N) is 1. The first-order chi connectivity index (χ1) is 12.8. The van der Waals surface area contributed by atoms with Crippen molar-refractivity contribution in [2.75, 3.05) is 19.7 Å². The van der Waals surface area contributed by atoms with Gasteiger partial charge in [-0.05, 0) is 69.9 Å². The van der Waals surface area contributed by atoms with Gasteiger partial charge in [0.15, 0.2) is 0 Å². The molecule has 0 aliphatic carbocycles. The van der Waals surface area contributed by atoms with Crippen LogP contribution in [0.25, 0.3) is 11.3 Å². The minimum atomic E-state index is -0.484. The van der Waals surface area contributed by atoms with Crippen molar-refractivity contribution in [3.63, 3.8) is 0 Å². The number of amides is 1. The highest BCUT2D eigenvalue weighted by Crippen LogP contribution is 2.32. The number of benzene rings is 1. The van der Waals surface area contributed by atoms with Gasteiger partial charge in [-0.2, -0.15) is 0 Å². The van der Waals surface area contributed by atoms with E-state index in [1.54, 1.807) is 29.4 Å². The van der Waals surface area contributed by atoms with Crippen LogP contribution in [0.4, 0.5) is 9.18 Å². The van der Waals surface area contributed by atoms with Crippen LogP contribution in [0.1, 0.15) is 33.6 Å². The van der Waals surface area contributed by atoms with Gasteiger partial charge in [0.25, 0.3) is 0 Å². The van der Waals surface area contributed by atoms with Gasteiger partial charge in [0.05, 0.1) is 18.4 Å². The van der Waals surface area contributed by atoms with Crippen molar-refractivity contribution < 1.29 is 23.1 Å². The second kappa shape index (κ2) is 8.03. The fraction of sp³-hybridized carbons (Fsp3) is 0.476. The van der Waals surface area contributed by atoms with Crippen molar-refractivity contribution in [3.05, 3.63) is 42.4 Å². The van der Waals surface area contributed by atoms with Crippen LogP contribution in [-0.2, 0) is 4.74 Å². The summed E-state index contributed by atoms with van der Waals surface area (Å²) in [5.74, 6) is 1.17. The van der Waals surface area contributed by atoms with Crippen molar-refractivity contribution in [1.29, 1.82) is 0 Å². The lowest BCUT2D eigenvalue weighted by Crippen LogP contribution is -2.42. The van der Waals surface area contributed by atoms with Crippen molar-refractivity contribution in [3.8, 4) is 17.1 Å². The third kappa shape index (κ3) is 5.25. The molecule has 1 aromatic carbocycles. The van der Waals surface area contributed by atoms with Crippen LogP contribution in [-0.4, -0.2) is 36.3 Å². The molecule has 5 nitrogen and oxygen atoms in total. The van der Waals surface area contributed by atoms with E-state index in [0.717, 1.165) is 12.8 Å². The molecule has 0 atom stereocenters. The van der Waals surface area contributed by atoms with Crippen LogP contribution >= 0.6 is 0 Å². The Balaban J connectivity index is 1.55. The molecular formula is C21H26FNO4. The van der Waals surface area contributed by atoms with Crippen molar-refractivity contribution in [2.24, 2.45) is 5.92 Å². The van der Waals surface area contributed by atoms with E-state index in [0.29, 0.717) is 42.7 Å². The average molecular weight is 375 g/mol. The molecule has 0 spiro atoms. The van der Waals surface area contributed by atoms with Crippen LogP contribution in [0.15, 0.2) is 41.0 Å². The van der Waals surface area contributed by atoms with Crippen LogP contribution in [0.2, 0.25) is 0 Å². The van der Waals surface area contributed by atoms with Gasteiger partial charge in [0.1, 0.15) is 22.9 Å². The SMILES string of the molecule is CC(C)(C)OC(=O)N1CCC(COc2ccc(F)cc2-c2ccco2)CC1. The van der Waals surface area contributed by atoms with E-state index < -0.39 is 5.60 Å². The van der Waals surface area contributed by atoms with E-state index in [4.69, 9.17) is 13.9 Å². The van der Waals surface area contributed by atoms with Crippen LogP contribution in [0.5, 0.6) is 5.75 Å². The van der Waals surface area contributed by atoms with E-state index in [2.05, 4.69) is 0 Å². The molecule has 27 heavy (non-hydrogen) atoms. The van der Waals surface area contributed by atoms with Gasteiger partial charge in [0, 0.05) is 13.1 Å². The lowest BCUT2D eigenvalue weighted by molar-refractivity contribution is 0.0165. The summed E-state index contributed by atoms with van der Waals surface area (Å²) >= 11 is 0. The summed E-state index contributed by atoms with van der Waals surface area (Å²) in [6.45, 7) is 7.41. The molecule has 2 aromatic rings. The van der Waals surface area contributed by atoms with Gasteiger partial charge in [-0.15, -0.1) is 0 Å². The lowest BCUT2D eigenvalue weighted by Gasteiger charge is -2.33. The molecule has 1 saturated heterocycles. The minimum Gasteiger partial charge on any atom is -0.493 e. The zero-order valence-electron chi connectivity index (χ0n) is 16.0. The second-order valence-corrected chi connectivity index (χ2v) is 7.84. The van der Waals surface area contributed by atoms with E-state index in [1.807, 2.05) is 20.8 Å². The molecule has 0 unspecified atom stereocenters. The number of hydrogen-bond acceptors (Lipinski definition) is 4. The number of ether oxygens (including phenoxy) is 2. The normalized spacial score (nSPS) is 15.6. The Morgan fingerprint density at radius 2 is 2.00 bits per heavy atom. The van der Waals surface area contributed by atoms with Gasteiger partial charge in [0.2, 0.25) is 0 Å². The Morgan fingerprint density at radius 3 is 2.63 bits per heavy atom. The highest BCUT2D eigenvalue weighted by Gasteiger charge is 2.27. The highest BCUT2D eigenvalue weighted by molar-refractivity contribution is 5.68. The summed E-state index contributed by atoms with van der Waals surface area (Å²) in [6, 6.07) is 7.96. The highest BCUT2D eigenvalue weighted by atomic mass is 19.1. The van der Waals surface area contributed by atoms with Crippen molar-refractivity contribution in [1.82, 2.24) is 4.90 Å². The predicted molar refractivity (Wildman–Crippen MR) is 100 cm³/mol. The van der Waals surface area contributed by atoms with Gasteiger partial charge in [-0.3, -0.25) is 0 Å². The minimum absolute atomic E-state index is 0.263. The van der Waals surface area contributed by atoms with Crippen molar-refractivity contribution >= 4 is 6.09 Å². The second-order valence-electron chi connectivity index (χ2n) is 7.84. The molecule has 2 heterocycles. The Hall–Kier alpha value is -2.50. The van der Waals surface area contributed by atoms with Gasteiger partial charge < -0.3 is 18.8 Å². The summed E-state index contributed by atoms with van der Waals surface area (Å²) in [7, 11) is 0. The van der Waals surface area contributed by atoms with E-state index in [-0.39, 0.29) is 11.9 Å². The largest absolute Gasteiger partial charge is 0.493 e. The Morgan fingerprint density at radius 1 is 1.26 bits per heavy atom. The zero-order valence-corrected chi connectivity index (χ0v) is 16.0. The summed E-state index contributed by atoms with van der Waals surface area (Å²) < 4.78 is 30.4. The van der Waals surface area contributed by atoms with E-state index >= 15 is 0 Å². The molecule has 0 radical (unpaired) electrons. The predicted octanol–water partition coefficient (Wildman–Crippen LogP) is 5.11. The molecule has 1 aromatic heterocycles.